The van der Waals surface area contributed by atoms with Gasteiger partial charge >= 0.3 is 0 Å². The summed E-state index contributed by atoms with van der Waals surface area (Å²) in [5, 5.41) is 7.10. The van der Waals surface area contributed by atoms with E-state index in [0.717, 1.165) is 17.2 Å². The van der Waals surface area contributed by atoms with Crippen LogP contribution in [0.25, 0.3) is 0 Å². The van der Waals surface area contributed by atoms with Gasteiger partial charge in [0.15, 0.2) is 16.6 Å². The third-order valence-corrected chi connectivity index (χ3v) is 4.40. The number of aryl methyl sites for hydroxylation is 2. The molecule has 1 unspecified atom stereocenters. The average molecular weight is 342 g/mol. The maximum Gasteiger partial charge on any atom is 0.171 e. The van der Waals surface area contributed by atoms with Crippen LogP contribution in [0.4, 0.5) is 5.69 Å². The number of nitrogens with one attached hydrogen (secondary N) is 2. The van der Waals surface area contributed by atoms with Gasteiger partial charge in [-0.25, -0.2) is 0 Å². The number of fused-ring (bicyclic) bond motifs is 1. The summed E-state index contributed by atoms with van der Waals surface area (Å²) in [5.74, 6) is 1.52. The van der Waals surface area contributed by atoms with Crippen molar-refractivity contribution >= 4 is 23.0 Å². The summed E-state index contributed by atoms with van der Waals surface area (Å²) in [6.45, 7) is 7.50. The minimum atomic E-state index is 0.126. The Bertz CT molecular complexity index is 761. The van der Waals surface area contributed by atoms with Crippen LogP contribution in [-0.2, 0) is 0 Å². The maximum atomic E-state index is 5.59. The number of ether oxygens (including phenoxy) is 2. The molecule has 0 aliphatic carbocycles. The fraction of sp³-hybridized carbons (Fsp3) is 0.316. The molecule has 5 heteroatoms. The minimum absolute atomic E-state index is 0.126. The maximum absolute atomic E-state index is 5.59. The van der Waals surface area contributed by atoms with Crippen LogP contribution in [0, 0.1) is 13.8 Å². The minimum Gasteiger partial charge on any atom is -0.486 e. The summed E-state index contributed by atoms with van der Waals surface area (Å²) < 4.78 is 11.1. The van der Waals surface area contributed by atoms with Crippen LogP contribution in [0.1, 0.15) is 29.7 Å². The molecule has 2 aromatic carbocycles. The van der Waals surface area contributed by atoms with E-state index in [4.69, 9.17) is 21.7 Å². The number of rotatable bonds is 3. The van der Waals surface area contributed by atoms with E-state index < -0.39 is 0 Å². The van der Waals surface area contributed by atoms with Gasteiger partial charge in [0.05, 0.1) is 6.04 Å². The van der Waals surface area contributed by atoms with Gasteiger partial charge in [-0.05, 0) is 61.8 Å². The quantitative estimate of drug-likeness (QED) is 0.821. The lowest BCUT2D eigenvalue weighted by Gasteiger charge is -2.21. The SMILES string of the molecule is Cc1ccc(C(C)NC(=S)Nc2ccc3c(c2)OCCO3)cc1C. The van der Waals surface area contributed by atoms with Crippen molar-refractivity contribution < 1.29 is 9.47 Å². The summed E-state index contributed by atoms with van der Waals surface area (Å²) in [5.41, 5.74) is 4.67. The molecule has 4 nitrogen and oxygen atoms in total. The lowest BCUT2D eigenvalue weighted by atomic mass is 10.0. The third kappa shape index (κ3) is 3.79. The van der Waals surface area contributed by atoms with Gasteiger partial charge in [0.2, 0.25) is 0 Å². The summed E-state index contributed by atoms with van der Waals surface area (Å²) in [6.07, 6.45) is 0. The van der Waals surface area contributed by atoms with Gasteiger partial charge in [-0.1, -0.05) is 18.2 Å². The molecule has 0 bridgehead atoms. The Kier molecular flexibility index (Phi) is 4.90. The van der Waals surface area contributed by atoms with Crippen molar-refractivity contribution in [3.63, 3.8) is 0 Å². The standard InChI is InChI=1S/C19H22N2O2S/c1-12-4-5-15(10-13(12)2)14(3)20-19(24)21-16-6-7-17-18(11-16)23-9-8-22-17/h4-7,10-11,14H,8-9H2,1-3H3,(H2,20,21,24). The Balaban J connectivity index is 1.63. The largest absolute Gasteiger partial charge is 0.486 e. The molecule has 0 radical (unpaired) electrons. The van der Waals surface area contributed by atoms with Crippen LogP contribution >= 0.6 is 12.2 Å². The molecule has 0 saturated heterocycles. The van der Waals surface area contributed by atoms with Gasteiger partial charge in [0, 0.05) is 11.8 Å². The second kappa shape index (κ2) is 7.09. The predicted molar refractivity (Wildman–Crippen MR) is 101 cm³/mol. The topological polar surface area (TPSA) is 42.5 Å². The molecular formula is C19H22N2O2S. The first kappa shape index (κ1) is 16.6. The first-order valence-electron chi connectivity index (χ1n) is 8.07. The third-order valence-electron chi connectivity index (χ3n) is 4.18. The zero-order valence-corrected chi connectivity index (χ0v) is 15.0. The average Bonchev–Trinajstić information content (AvgIpc) is 2.57. The van der Waals surface area contributed by atoms with Crippen LogP contribution < -0.4 is 20.1 Å². The summed E-state index contributed by atoms with van der Waals surface area (Å²) in [4.78, 5) is 0. The zero-order valence-electron chi connectivity index (χ0n) is 14.2. The summed E-state index contributed by atoms with van der Waals surface area (Å²) in [7, 11) is 0. The molecule has 0 saturated carbocycles. The molecule has 0 aromatic heterocycles. The fourth-order valence-corrected chi connectivity index (χ4v) is 2.90. The van der Waals surface area contributed by atoms with E-state index in [2.05, 4.69) is 49.6 Å². The molecule has 0 amide bonds. The Morgan fingerprint density at radius 2 is 1.75 bits per heavy atom. The molecule has 1 aliphatic heterocycles. The molecule has 1 aliphatic rings. The molecular weight excluding hydrogens is 320 g/mol. The zero-order chi connectivity index (χ0) is 17.1. The van der Waals surface area contributed by atoms with Gasteiger partial charge in [-0.2, -0.15) is 0 Å². The Morgan fingerprint density at radius 3 is 2.50 bits per heavy atom. The van der Waals surface area contributed by atoms with E-state index in [-0.39, 0.29) is 6.04 Å². The summed E-state index contributed by atoms with van der Waals surface area (Å²) in [6, 6.07) is 12.3. The highest BCUT2D eigenvalue weighted by molar-refractivity contribution is 7.80. The molecule has 1 atom stereocenters. The van der Waals surface area contributed by atoms with Crippen molar-refractivity contribution in [2.75, 3.05) is 18.5 Å². The first-order valence-corrected chi connectivity index (χ1v) is 8.48. The van der Waals surface area contributed by atoms with Crippen LogP contribution in [0.15, 0.2) is 36.4 Å². The normalized spacial score (nSPS) is 14.0. The second-order valence-corrected chi connectivity index (χ2v) is 6.43. The lowest BCUT2D eigenvalue weighted by molar-refractivity contribution is 0.171. The van der Waals surface area contributed by atoms with Crippen molar-refractivity contribution in [1.29, 1.82) is 0 Å². The first-order chi connectivity index (χ1) is 11.5. The van der Waals surface area contributed by atoms with E-state index in [0.29, 0.717) is 18.3 Å². The van der Waals surface area contributed by atoms with E-state index in [1.165, 1.54) is 16.7 Å². The van der Waals surface area contributed by atoms with Gasteiger partial charge in [0.25, 0.3) is 0 Å². The molecule has 2 aromatic rings. The fourth-order valence-electron chi connectivity index (χ4n) is 2.60. The van der Waals surface area contributed by atoms with Crippen LogP contribution in [-0.4, -0.2) is 18.3 Å². The summed E-state index contributed by atoms with van der Waals surface area (Å²) >= 11 is 5.43. The molecule has 1 heterocycles. The Labute approximate surface area is 148 Å². The van der Waals surface area contributed by atoms with Gasteiger partial charge in [-0.3, -0.25) is 0 Å². The van der Waals surface area contributed by atoms with E-state index in [1.54, 1.807) is 0 Å². The Morgan fingerprint density at radius 1 is 1.00 bits per heavy atom. The highest BCUT2D eigenvalue weighted by Crippen LogP contribution is 2.32. The van der Waals surface area contributed by atoms with Crippen molar-refractivity contribution in [3.05, 3.63) is 53.1 Å². The number of hydrogen-bond donors (Lipinski definition) is 2. The highest BCUT2D eigenvalue weighted by atomic mass is 32.1. The molecule has 24 heavy (non-hydrogen) atoms. The Hall–Kier alpha value is -2.27. The number of anilines is 1. The number of thiocarbonyl (C=S) groups is 1. The van der Waals surface area contributed by atoms with Gasteiger partial charge in [0.1, 0.15) is 13.2 Å². The van der Waals surface area contributed by atoms with E-state index in [9.17, 15) is 0 Å². The van der Waals surface area contributed by atoms with Gasteiger partial charge in [-0.15, -0.1) is 0 Å². The van der Waals surface area contributed by atoms with Crippen molar-refractivity contribution in [1.82, 2.24) is 5.32 Å². The lowest BCUT2D eigenvalue weighted by Crippen LogP contribution is -2.31. The second-order valence-electron chi connectivity index (χ2n) is 6.02. The van der Waals surface area contributed by atoms with Crippen LogP contribution in [0.5, 0.6) is 11.5 Å². The van der Waals surface area contributed by atoms with Crippen LogP contribution in [0.3, 0.4) is 0 Å². The number of benzene rings is 2. The predicted octanol–water partition coefficient (Wildman–Crippen LogP) is 4.12. The molecule has 2 N–H and O–H groups in total. The van der Waals surface area contributed by atoms with E-state index in [1.807, 2.05) is 18.2 Å². The van der Waals surface area contributed by atoms with Crippen molar-refractivity contribution in [3.8, 4) is 11.5 Å². The van der Waals surface area contributed by atoms with Crippen molar-refractivity contribution in [2.24, 2.45) is 0 Å². The van der Waals surface area contributed by atoms with E-state index >= 15 is 0 Å². The van der Waals surface area contributed by atoms with Crippen LogP contribution in [0.2, 0.25) is 0 Å². The van der Waals surface area contributed by atoms with Gasteiger partial charge < -0.3 is 20.1 Å². The monoisotopic (exact) mass is 342 g/mol. The smallest absolute Gasteiger partial charge is 0.171 e. The molecule has 0 fully saturated rings. The molecule has 3 rings (SSSR count). The van der Waals surface area contributed by atoms with Crippen molar-refractivity contribution in [2.45, 2.75) is 26.8 Å². The molecule has 0 spiro atoms. The molecule has 126 valence electrons. The number of hydrogen-bond acceptors (Lipinski definition) is 3. The highest BCUT2D eigenvalue weighted by Gasteiger charge is 2.13.